The number of hydrazine groups is 1. The van der Waals surface area contributed by atoms with Crippen LogP contribution in [0.25, 0.3) is 0 Å². The zero-order chi connectivity index (χ0) is 15.9. The molecule has 114 valence electrons. The van der Waals surface area contributed by atoms with Gasteiger partial charge in [0.2, 0.25) is 0 Å². The van der Waals surface area contributed by atoms with Crippen LogP contribution in [0.4, 0.5) is 4.39 Å². The summed E-state index contributed by atoms with van der Waals surface area (Å²) < 4.78 is 19.3. The largest absolute Gasteiger partial charge is 0.481 e. The van der Waals surface area contributed by atoms with Crippen molar-refractivity contribution in [2.24, 2.45) is 0 Å². The highest BCUT2D eigenvalue weighted by atomic mass is 127. The van der Waals surface area contributed by atoms with Gasteiger partial charge in [0.1, 0.15) is 0 Å². The van der Waals surface area contributed by atoms with Crippen molar-refractivity contribution in [2.45, 2.75) is 0 Å². The molecule has 5 nitrogen and oxygen atoms in total. The normalized spacial score (nSPS) is 9.91. The van der Waals surface area contributed by atoms with Gasteiger partial charge in [0, 0.05) is 9.13 Å². The lowest BCUT2D eigenvalue weighted by molar-refractivity contribution is -0.123. The minimum atomic E-state index is -0.595. The van der Waals surface area contributed by atoms with Crippen LogP contribution in [-0.4, -0.2) is 18.4 Å². The molecule has 0 spiro atoms. The van der Waals surface area contributed by atoms with Gasteiger partial charge in [-0.05, 0) is 59.0 Å². The van der Waals surface area contributed by atoms with Crippen LogP contribution in [0, 0.1) is 9.39 Å². The second-order valence-electron chi connectivity index (χ2n) is 4.23. The van der Waals surface area contributed by atoms with E-state index in [1.54, 1.807) is 30.3 Å². The van der Waals surface area contributed by atoms with E-state index in [2.05, 4.69) is 33.4 Å². The van der Waals surface area contributed by atoms with Crippen LogP contribution in [0.1, 0.15) is 10.4 Å². The Morgan fingerprint density at radius 1 is 1.05 bits per heavy atom. The predicted molar refractivity (Wildman–Crippen MR) is 86.7 cm³/mol. The van der Waals surface area contributed by atoms with Gasteiger partial charge in [0.25, 0.3) is 11.8 Å². The number of hydrogen-bond donors (Lipinski definition) is 2. The zero-order valence-corrected chi connectivity index (χ0v) is 13.5. The summed E-state index contributed by atoms with van der Waals surface area (Å²) in [6, 6.07) is 12.6. The molecule has 0 fully saturated rings. The van der Waals surface area contributed by atoms with E-state index in [0.29, 0.717) is 5.56 Å². The number of benzene rings is 2. The van der Waals surface area contributed by atoms with Gasteiger partial charge in [-0.2, -0.15) is 0 Å². The van der Waals surface area contributed by atoms with Crippen molar-refractivity contribution in [1.82, 2.24) is 10.9 Å². The van der Waals surface area contributed by atoms with Crippen LogP contribution >= 0.6 is 22.6 Å². The molecule has 2 amide bonds. The third-order valence-corrected chi connectivity index (χ3v) is 3.34. The third-order valence-electron chi connectivity index (χ3n) is 2.62. The Balaban J connectivity index is 1.79. The van der Waals surface area contributed by atoms with E-state index < -0.39 is 24.2 Å². The average molecular weight is 414 g/mol. The van der Waals surface area contributed by atoms with E-state index in [4.69, 9.17) is 4.74 Å². The summed E-state index contributed by atoms with van der Waals surface area (Å²) in [6.45, 7) is -0.409. The molecule has 0 radical (unpaired) electrons. The van der Waals surface area contributed by atoms with Crippen LogP contribution < -0.4 is 15.6 Å². The van der Waals surface area contributed by atoms with Gasteiger partial charge in [-0.25, -0.2) is 4.39 Å². The third kappa shape index (κ3) is 4.69. The van der Waals surface area contributed by atoms with Gasteiger partial charge >= 0.3 is 0 Å². The summed E-state index contributed by atoms with van der Waals surface area (Å²) in [5.41, 5.74) is 4.86. The maximum absolute atomic E-state index is 13.3. The molecule has 0 saturated carbocycles. The number of para-hydroxylation sites is 1. The molecule has 7 heteroatoms. The lowest BCUT2D eigenvalue weighted by Gasteiger charge is -2.09. The maximum atomic E-state index is 13.3. The molecule has 0 unspecified atom stereocenters. The van der Waals surface area contributed by atoms with Crippen molar-refractivity contribution in [3.8, 4) is 5.75 Å². The molecular weight excluding hydrogens is 402 g/mol. The lowest BCUT2D eigenvalue weighted by atomic mass is 10.2. The number of nitrogens with one attached hydrogen (secondary N) is 2. The number of ether oxygens (including phenoxy) is 1. The maximum Gasteiger partial charge on any atom is 0.276 e. The van der Waals surface area contributed by atoms with Gasteiger partial charge in [0.15, 0.2) is 18.2 Å². The molecule has 2 rings (SSSR count). The first-order valence-corrected chi connectivity index (χ1v) is 7.36. The Morgan fingerprint density at radius 2 is 1.73 bits per heavy atom. The molecule has 2 N–H and O–H groups in total. The average Bonchev–Trinajstić information content (AvgIpc) is 2.52. The monoisotopic (exact) mass is 414 g/mol. The fourth-order valence-electron chi connectivity index (χ4n) is 1.54. The van der Waals surface area contributed by atoms with Gasteiger partial charge in [-0.1, -0.05) is 12.1 Å². The van der Waals surface area contributed by atoms with E-state index in [0.717, 1.165) is 3.57 Å². The number of halogens is 2. The lowest BCUT2D eigenvalue weighted by Crippen LogP contribution is -2.43. The number of carbonyl (C=O) groups is 2. The smallest absolute Gasteiger partial charge is 0.276 e. The summed E-state index contributed by atoms with van der Waals surface area (Å²) in [5.74, 6) is -1.63. The SMILES string of the molecule is O=C(COc1ccccc1F)NNC(=O)c1ccc(I)cc1. The molecule has 0 atom stereocenters. The number of amides is 2. The Hall–Kier alpha value is -2.16. The fraction of sp³-hybridized carbons (Fsp3) is 0.0667. The van der Waals surface area contributed by atoms with Gasteiger partial charge in [-0.15, -0.1) is 0 Å². The van der Waals surface area contributed by atoms with E-state index in [1.807, 2.05) is 0 Å². The number of rotatable bonds is 4. The van der Waals surface area contributed by atoms with Crippen molar-refractivity contribution in [2.75, 3.05) is 6.61 Å². The topological polar surface area (TPSA) is 67.4 Å². The first-order valence-electron chi connectivity index (χ1n) is 6.28. The zero-order valence-electron chi connectivity index (χ0n) is 11.3. The van der Waals surface area contributed by atoms with E-state index >= 15 is 0 Å². The standard InChI is InChI=1S/C15H12FIN2O3/c16-12-3-1-2-4-13(12)22-9-14(20)18-19-15(21)10-5-7-11(17)8-6-10/h1-8H,9H2,(H,18,20)(H,19,21). The molecular formula is C15H12FIN2O3. The van der Waals surface area contributed by atoms with Crippen LogP contribution in [0.5, 0.6) is 5.75 Å². The minimum Gasteiger partial charge on any atom is -0.481 e. The molecule has 0 aromatic heterocycles. The van der Waals surface area contributed by atoms with Crippen molar-refractivity contribution < 1.29 is 18.7 Å². The summed E-state index contributed by atoms with van der Waals surface area (Å²) >= 11 is 2.12. The van der Waals surface area contributed by atoms with Crippen molar-refractivity contribution in [3.63, 3.8) is 0 Å². The Bertz CT molecular complexity index is 677. The second kappa shape index (κ2) is 7.74. The molecule has 0 bridgehead atoms. The molecule has 0 aliphatic rings. The van der Waals surface area contributed by atoms with Gasteiger partial charge in [-0.3, -0.25) is 20.4 Å². The Labute approximate surface area is 140 Å². The number of carbonyl (C=O) groups excluding carboxylic acids is 2. The molecule has 2 aromatic rings. The highest BCUT2D eigenvalue weighted by molar-refractivity contribution is 14.1. The van der Waals surface area contributed by atoms with Crippen LogP contribution in [0.2, 0.25) is 0 Å². The summed E-state index contributed by atoms with van der Waals surface area (Å²) in [5, 5.41) is 0. The van der Waals surface area contributed by atoms with Crippen molar-refractivity contribution in [1.29, 1.82) is 0 Å². The van der Waals surface area contributed by atoms with E-state index in [-0.39, 0.29) is 5.75 Å². The second-order valence-corrected chi connectivity index (χ2v) is 5.47. The van der Waals surface area contributed by atoms with Crippen molar-refractivity contribution in [3.05, 3.63) is 63.5 Å². The summed E-state index contributed by atoms with van der Waals surface area (Å²) in [6.07, 6.45) is 0. The summed E-state index contributed by atoms with van der Waals surface area (Å²) in [7, 11) is 0. The van der Waals surface area contributed by atoms with Gasteiger partial charge < -0.3 is 4.74 Å². The molecule has 22 heavy (non-hydrogen) atoms. The van der Waals surface area contributed by atoms with Crippen LogP contribution in [0.15, 0.2) is 48.5 Å². The van der Waals surface area contributed by atoms with E-state index in [1.165, 1.54) is 18.2 Å². The van der Waals surface area contributed by atoms with Gasteiger partial charge in [0.05, 0.1) is 0 Å². The van der Waals surface area contributed by atoms with Crippen molar-refractivity contribution >= 4 is 34.4 Å². The van der Waals surface area contributed by atoms with E-state index in [9.17, 15) is 14.0 Å². The molecule has 0 aliphatic carbocycles. The Morgan fingerprint density at radius 3 is 2.41 bits per heavy atom. The Kier molecular flexibility index (Phi) is 5.70. The highest BCUT2D eigenvalue weighted by Gasteiger charge is 2.09. The predicted octanol–water partition coefficient (Wildman–Crippen LogP) is 2.27. The molecule has 0 aliphatic heterocycles. The molecule has 2 aromatic carbocycles. The quantitative estimate of drug-likeness (QED) is 0.596. The first-order chi connectivity index (χ1) is 10.6. The molecule has 0 saturated heterocycles. The highest BCUT2D eigenvalue weighted by Crippen LogP contribution is 2.14. The van der Waals surface area contributed by atoms with Crippen LogP contribution in [0.3, 0.4) is 0 Å². The summed E-state index contributed by atoms with van der Waals surface area (Å²) in [4.78, 5) is 23.3. The first kappa shape index (κ1) is 16.2. The van der Waals surface area contributed by atoms with Crippen LogP contribution in [-0.2, 0) is 4.79 Å². The minimum absolute atomic E-state index is 0.0263. The molecule has 0 heterocycles. The fourth-order valence-corrected chi connectivity index (χ4v) is 1.90. The number of hydrogen-bond acceptors (Lipinski definition) is 3.